The normalized spacial score (nSPS) is 12.3. The van der Waals surface area contributed by atoms with Gasteiger partial charge in [-0.3, -0.25) is 0 Å². The van der Waals surface area contributed by atoms with Crippen LogP contribution in [0.25, 0.3) is 27.5 Å². The van der Waals surface area contributed by atoms with E-state index in [0.29, 0.717) is 22.0 Å². The summed E-state index contributed by atoms with van der Waals surface area (Å²) < 4.78 is 56.8. The first kappa shape index (κ1) is 18.4. The number of benzene rings is 3. The molecule has 5 aromatic rings. The van der Waals surface area contributed by atoms with Crippen LogP contribution < -0.4 is 0 Å². The Kier molecular flexibility index (Phi) is 4.13. The Balaban J connectivity index is 1.61. The molecule has 0 saturated heterocycles. The molecule has 0 aliphatic rings. The molecule has 1 N–H and O–H groups in total. The first-order valence-corrected chi connectivity index (χ1v) is 9.16. The fraction of sp³-hybridized carbons (Fsp3) is 0.0435. The van der Waals surface area contributed by atoms with Crippen molar-refractivity contribution in [3.05, 3.63) is 102 Å². The quantitative estimate of drug-likeness (QED) is 0.356. The molecule has 30 heavy (non-hydrogen) atoms. The van der Waals surface area contributed by atoms with E-state index in [2.05, 4.69) is 10.1 Å². The van der Waals surface area contributed by atoms with E-state index in [0.717, 1.165) is 5.52 Å². The Hall–Kier alpha value is -3.61. The summed E-state index contributed by atoms with van der Waals surface area (Å²) in [7, 11) is 0. The Morgan fingerprint density at radius 1 is 0.833 bits per heavy atom. The van der Waals surface area contributed by atoms with Gasteiger partial charge in [0.15, 0.2) is 0 Å². The molecule has 0 aliphatic heterocycles. The van der Waals surface area contributed by atoms with Gasteiger partial charge in [0.1, 0.15) is 11.7 Å². The summed E-state index contributed by atoms with van der Waals surface area (Å²) in [6.07, 6.45) is -1.34. The van der Waals surface area contributed by atoms with Crippen LogP contribution in [0.15, 0.2) is 79.1 Å². The Bertz CT molecular complexity index is 1350. The Morgan fingerprint density at radius 3 is 2.27 bits per heavy atom. The summed E-state index contributed by atoms with van der Waals surface area (Å²) in [4.78, 5) is 2.99. The molecule has 3 aromatic carbocycles. The standard InChI is InChI=1S/C23H14F4N3/c24-18-3-5-19(6-4-18)30-21-8-2-16(12-17(21)13-29-30)22(23(25,26)27)15-1-7-20-14(11-15)9-10-28-20/h1-13,28H. The number of nitrogens with one attached hydrogen (secondary N) is 1. The lowest BCUT2D eigenvalue weighted by atomic mass is 9.89. The van der Waals surface area contributed by atoms with Gasteiger partial charge in [-0.05, 0) is 71.1 Å². The smallest absolute Gasteiger partial charge is 0.361 e. The largest absolute Gasteiger partial charge is 0.403 e. The molecule has 0 bridgehead atoms. The van der Waals surface area contributed by atoms with Crippen molar-refractivity contribution in [3.63, 3.8) is 0 Å². The van der Waals surface area contributed by atoms with Crippen LogP contribution in [0.5, 0.6) is 0 Å². The highest BCUT2D eigenvalue weighted by Gasteiger charge is 2.43. The van der Waals surface area contributed by atoms with E-state index < -0.39 is 12.1 Å². The van der Waals surface area contributed by atoms with Gasteiger partial charge in [0.25, 0.3) is 0 Å². The molecule has 2 heterocycles. The fourth-order valence-electron chi connectivity index (χ4n) is 3.68. The number of H-pyrrole nitrogens is 1. The van der Waals surface area contributed by atoms with Crippen LogP contribution in [0.1, 0.15) is 11.1 Å². The van der Waals surface area contributed by atoms with Crippen molar-refractivity contribution in [2.24, 2.45) is 0 Å². The zero-order chi connectivity index (χ0) is 20.9. The summed E-state index contributed by atoms with van der Waals surface area (Å²) >= 11 is 0. The van der Waals surface area contributed by atoms with Gasteiger partial charge < -0.3 is 4.98 Å². The van der Waals surface area contributed by atoms with Gasteiger partial charge in [0.2, 0.25) is 0 Å². The van der Waals surface area contributed by atoms with Gasteiger partial charge in [-0.15, -0.1) is 0 Å². The van der Waals surface area contributed by atoms with Gasteiger partial charge >= 0.3 is 6.18 Å². The van der Waals surface area contributed by atoms with Crippen molar-refractivity contribution in [1.29, 1.82) is 0 Å². The summed E-state index contributed by atoms with van der Waals surface area (Å²) in [6.45, 7) is 0. The first-order valence-electron chi connectivity index (χ1n) is 9.16. The third-order valence-corrected chi connectivity index (χ3v) is 5.05. The predicted molar refractivity (Wildman–Crippen MR) is 107 cm³/mol. The Morgan fingerprint density at radius 2 is 1.53 bits per heavy atom. The maximum Gasteiger partial charge on any atom is 0.403 e. The van der Waals surface area contributed by atoms with Crippen molar-refractivity contribution in [3.8, 4) is 5.69 Å². The van der Waals surface area contributed by atoms with Crippen LogP contribution in [0.3, 0.4) is 0 Å². The zero-order valence-electron chi connectivity index (χ0n) is 15.4. The molecule has 7 heteroatoms. The minimum absolute atomic E-state index is 0.0588. The zero-order valence-corrected chi connectivity index (χ0v) is 15.4. The predicted octanol–water partition coefficient (Wildman–Crippen LogP) is 6.18. The van der Waals surface area contributed by atoms with Crippen molar-refractivity contribution in [1.82, 2.24) is 14.8 Å². The van der Waals surface area contributed by atoms with Crippen LogP contribution in [-0.4, -0.2) is 20.9 Å². The molecule has 0 saturated carbocycles. The number of halogens is 4. The third-order valence-electron chi connectivity index (χ3n) is 5.05. The number of hydrogen-bond donors (Lipinski definition) is 1. The number of aromatic nitrogens is 3. The lowest BCUT2D eigenvalue weighted by Crippen LogP contribution is -2.23. The first-order chi connectivity index (χ1) is 14.4. The van der Waals surface area contributed by atoms with Gasteiger partial charge in [-0.1, -0.05) is 12.1 Å². The molecular weight excluding hydrogens is 394 g/mol. The molecule has 0 aliphatic carbocycles. The van der Waals surface area contributed by atoms with Crippen molar-refractivity contribution < 1.29 is 17.6 Å². The highest BCUT2D eigenvalue weighted by atomic mass is 19.4. The molecule has 2 aromatic heterocycles. The van der Waals surface area contributed by atoms with Crippen molar-refractivity contribution in [2.75, 3.05) is 0 Å². The van der Waals surface area contributed by atoms with Crippen LogP contribution in [0, 0.1) is 11.7 Å². The molecule has 0 spiro atoms. The maximum atomic E-state index is 14.0. The molecule has 149 valence electrons. The van der Waals surface area contributed by atoms with Crippen LogP contribution >= 0.6 is 0 Å². The number of rotatable bonds is 3. The number of aromatic amines is 1. The maximum absolute atomic E-state index is 14.0. The number of alkyl halides is 3. The minimum Gasteiger partial charge on any atom is -0.361 e. The summed E-state index contributed by atoms with van der Waals surface area (Å²) in [5, 5.41) is 5.53. The molecule has 0 unspecified atom stereocenters. The average molecular weight is 408 g/mol. The van der Waals surface area contributed by atoms with Crippen molar-refractivity contribution in [2.45, 2.75) is 6.18 Å². The molecule has 1 radical (unpaired) electrons. The van der Waals surface area contributed by atoms with Gasteiger partial charge in [-0.25, -0.2) is 9.07 Å². The molecule has 3 nitrogen and oxygen atoms in total. The van der Waals surface area contributed by atoms with Crippen LogP contribution in [0.2, 0.25) is 0 Å². The Labute approximate surface area is 168 Å². The van der Waals surface area contributed by atoms with Gasteiger partial charge in [0.05, 0.1) is 17.4 Å². The van der Waals surface area contributed by atoms with Crippen LogP contribution in [-0.2, 0) is 0 Å². The van der Waals surface area contributed by atoms with Gasteiger partial charge in [-0.2, -0.15) is 18.3 Å². The highest BCUT2D eigenvalue weighted by molar-refractivity contribution is 5.83. The summed E-state index contributed by atoms with van der Waals surface area (Å²) in [5.41, 5.74) is 2.18. The molecule has 5 rings (SSSR count). The van der Waals surface area contributed by atoms with E-state index in [1.807, 2.05) is 0 Å². The van der Waals surface area contributed by atoms with E-state index in [1.165, 1.54) is 42.6 Å². The second-order valence-electron chi connectivity index (χ2n) is 6.96. The molecule has 0 amide bonds. The number of nitrogens with zero attached hydrogens (tertiary/aromatic N) is 2. The van der Waals surface area contributed by atoms with E-state index in [4.69, 9.17) is 0 Å². The SMILES string of the molecule is Fc1ccc(-n2ncc3cc([C](c4ccc5[nH]ccc5c4)C(F)(F)F)ccc32)cc1. The van der Waals surface area contributed by atoms with E-state index in [1.54, 1.807) is 41.2 Å². The second kappa shape index (κ2) is 6.73. The number of hydrogen-bond acceptors (Lipinski definition) is 1. The summed E-state index contributed by atoms with van der Waals surface area (Å²) in [6, 6.07) is 16.6. The third kappa shape index (κ3) is 3.12. The molecule has 0 fully saturated rings. The molecular formula is C23H14F4N3. The highest BCUT2D eigenvalue weighted by Crippen LogP contribution is 2.41. The van der Waals surface area contributed by atoms with Crippen LogP contribution in [0.4, 0.5) is 17.6 Å². The topological polar surface area (TPSA) is 33.6 Å². The second-order valence-corrected chi connectivity index (χ2v) is 6.96. The monoisotopic (exact) mass is 408 g/mol. The average Bonchev–Trinajstić information content (AvgIpc) is 3.34. The summed E-state index contributed by atoms with van der Waals surface area (Å²) in [5.74, 6) is -1.08. The van der Waals surface area contributed by atoms with Crippen molar-refractivity contribution >= 4 is 21.8 Å². The minimum atomic E-state index is -4.54. The van der Waals surface area contributed by atoms with E-state index >= 15 is 0 Å². The lowest BCUT2D eigenvalue weighted by Gasteiger charge is -2.20. The molecule has 0 atom stereocenters. The number of fused-ring (bicyclic) bond motifs is 2. The van der Waals surface area contributed by atoms with E-state index in [-0.39, 0.29) is 16.9 Å². The fourth-order valence-corrected chi connectivity index (χ4v) is 3.68. The van der Waals surface area contributed by atoms with Gasteiger partial charge in [0, 0.05) is 17.1 Å². The van der Waals surface area contributed by atoms with E-state index in [9.17, 15) is 17.6 Å². The lowest BCUT2D eigenvalue weighted by molar-refractivity contribution is -0.105.